The number of hydrogen-bond acceptors (Lipinski definition) is 5. The number of likely N-dealkylation sites (tertiary alicyclic amines) is 1. The van der Waals surface area contributed by atoms with Crippen molar-refractivity contribution in [3.63, 3.8) is 0 Å². The smallest absolute Gasteiger partial charge is 0.165 e. The molecule has 1 aromatic carbocycles. The number of para-hydroxylation sites is 1. The average Bonchev–Trinajstić information content (AvgIpc) is 3.05. The van der Waals surface area contributed by atoms with Crippen LogP contribution in [0, 0.1) is 12.8 Å². The zero-order valence-corrected chi connectivity index (χ0v) is 17.3. The van der Waals surface area contributed by atoms with Crippen LogP contribution in [0.4, 0.5) is 5.69 Å². The summed E-state index contributed by atoms with van der Waals surface area (Å²) < 4.78 is 2.32. The molecule has 1 saturated heterocycles. The van der Waals surface area contributed by atoms with Gasteiger partial charge in [0.15, 0.2) is 5.78 Å². The number of carbonyl (C=O) groups excluding carboxylic acids is 1. The number of fused-ring (bicyclic) bond motifs is 1. The molecular formula is C23H29N5O. The number of aromatic nitrogens is 3. The predicted octanol–water partition coefficient (Wildman–Crippen LogP) is 3.16. The Hall–Kier alpha value is -2.73. The molecule has 29 heavy (non-hydrogen) atoms. The fourth-order valence-corrected chi connectivity index (χ4v) is 4.26. The molecule has 0 amide bonds. The third kappa shape index (κ3) is 4.65. The number of aryl methyl sites for hydroxylation is 1. The summed E-state index contributed by atoms with van der Waals surface area (Å²) in [5.41, 5.74) is 3.22. The average molecular weight is 392 g/mol. The van der Waals surface area contributed by atoms with Gasteiger partial charge >= 0.3 is 0 Å². The molecular weight excluding hydrogens is 362 g/mol. The maximum atomic E-state index is 12.5. The van der Waals surface area contributed by atoms with Crippen molar-refractivity contribution in [3.05, 3.63) is 54.6 Å². The van der Waals surface area contributed by atoms with Gasteiger partial charge in [0.1, 0.15) is 11.3 Å². The summed E-state index contributed by atoms with van der Waals surface area (Å²) in [6.07, 6.45) is 5.90. The largest absolute Gasteiger partial charge is 0.367 e. The number of piperidine rings is 1. The summed E-state index contributed by atoms with van der Waals surface area (Å²) in [7, 11) is 1.98. The number of Topliss-reactive ketones (excluding diaryl/α,β-unsaturated/α-hetero) is 1. The van der Waals surface area contributed by atoms with E-state index in [1.807, 2.05) is 60.7 Å². The fraction of sp³-hybridized carbons (Fsp3) is 0.435. The topological polar surface area (TPSA) is 54.3 Å². The Morgan fingerprint density at radius 2 is 1.93 bits per heavy atom. The molecule has 6 nitrogen and oxygen atoms in total. The van der Waals surface area contributed by atoms with Crippen LogP contribution in [0.1, 0.15) is 18.7 Å². The number of nitrogens with zero attached hydrogens (tertiary/aromatic N) is 5. The lowest BCUT2D eigenvalue weighted by Gasteiger charge is -2.32. The van der Waals surface area contributed by atoms with Gasteiger partial charge in [-0.1, -0.05) is 18.2 Å². The Labute approximate surface area is 172 Å². The molecule has 3 heterocycles. The summed E-state index contributed by atoms with van der Waals surface area (Å²) >= 11 is 0. The van der Waals surface area contributed by atoms with Crippen molar-refractivity contribution >= 4 is 22.5 Å². The van der Waals surface area contributed by atoms with Gasteiger partial charge in [0.2, 0.25) is 0 Å². The van der Waals surface area contributed by atoms with Crippen LogP contribution in [0.25, 0.3) is 11.0 Å². The SMILES string of the molecule is Cc1nc2cnccc2n1CC1CCN(CC(=O)CN(C)c2ccccc2)CC1. The summed E-state index contributed by atoms with van der Waals surface area (Å²) in [6.45, 7) is 6.03. The van der Waals surface area contributed by atoms with Crippen molar-refractivity contribution in [2.75, 3.05) is 38.1 Å². The van der Waals surface area contributed by atoms with Crippen molar-refractivity contribution in [1.29, 1.82) is 0 Å². The minimum Gasteiger partial charge on any atom is -0.367 e. The van der Waals surface area contributed by atoms with Crippen molar-refractivity contribution in [2.45, 2.75) is 26.3 Å². The number of likely N-dealkylation sites (N-methyl/N-ethyl adjacent to an activating group) is 1. The van der Waals surface area contributed by atoms with Gasteiger partial charge in [-0.25, -0.2) is 4.98 Å². The van der Waals surface area contributed by atoms with E-state index >= 15 is 0 Å². The van der Waals surface area contributed by atoms with E-state index in [1.165, 1.54) is 5.52 Å². The zero-order valence-electron chi connectivity index (χ0n) is 17.3. The Morgan fingerprint density at radius 3 is 2.69 bits per heavy atom. The number of ketones is 1. The first kappa shape index (κ1) is 19.6. The summed E-state index contributed by atoms with van der Waals surface area (Å²) in [4.78, 5) is 25.7. The van der Waals surface area contributed by atoms with Gasteiger partial charge in [-0.3, -0.25) is 14.7 Å². The Bertz CT molecular complexity index is 960. The first-order chi connectivity index (χ1) is 14.1. The van der Waals surface area contributed by atoms with E-state index in [0.29, 0.717) is 19.0 Å². The molecule has 4 rings (SSSR count). The highest BCUT2D eigenvalue weighted by Gasteiger charge is 2.22. The molecule has 152 valence electrons. The lowest BCUT2D eigenvalue weighted by atomic mass is 9.96. The molecule has 0 N–H and O–H groups in total. The molecule has 1 aliphatic rings. The third-order valence-corrected chi connectivity index (χ3v) is 5.90. The lowest BCUT2D eigenvalue weighted by molar-refractivity contribution is -0.119. The highest BCUT2D eigenvalue weighted by atomic mass is 16.1. The number of pyridine rings is 1. The van der Waals surface area contributed by atoms with E-state index in [4.69, 9.17) is 0 Å². The number of imidazole rings is 1. The molecule has 0 radical (unpaired) electrons. The van der Waals surface area contributed by atoms with Gasteiger partial charge in [0.25, 0.3) is 0 Å². The van der Waals surface area contributed by atoms with E-state index in [-0.39, 0.29) is 5.78 Å². The first-order valence-corrected chi connectivity index (χ1v) is 10.4. The highest BCUT2D eigenvalue weighted by Crippen LogP contribution is 2.23. The minimum absolute atomic E-state index is 0.277. The molecule has 0 bridgehead atoms. The quantitative estimate of drug-likeness (QED) is 0.619. The fourth-order valence-electron chi connectivity index (χ4n) is 4.26. The molecule has 0 aliphatic carbocycles. The maximum absolute atomic E-state index is 12.5. The van der Waals surface area contributed by atoms with Gasteiger partial charge in [0, 0.05) is 25.5 Å². The predicted molar refractivity (Wildman–Crippen MR) is 116 cm³/mol. The number of rotatable bonds is 7. The monoisotopic (exact) mass is 391 g/mol. The highest BCUT2D eigenvalue weighted by molar-refractivity contribution is 5.85. The van der Waals surface area contributed by atoms with Crippen LogP contribution in [0.3, 0.4) is 0 Å². The number of carbonyl (C=O) groups is 1. The summed E-state index contributed by atoms with van der Waals surface area (Å²) in [6, 6.07) is 12.1. The van der Waals surface area contributed by atoms with Gasteiger partial charge in [0.05, 0.1) is 24.8 Å². The number of anilines is 1. The van der Waals surface area contributed by atoms with Crippen LogP contribution in [0.5, 0.6) is 0 Å². The second-order valence-electron chi connectivity index (χ2n) is 8.08. The summed E-state index contributed by atoms with van der Waals surface area (Å²) in [5, 5.41) is 0. The van der Waals surface area contributed by atoms with Gasteiger partial charge < -0.3 is 9.47 Å². The molecule has 6 heteroatoms. The van der Waals surface area contributed by atoms with Crippen molar-refractivity contribution in [3.8, 4) is 0 Å². The molecule has 0 unspecified atom stereocenters. The van der Waals surface area contributed by atoms with Crippen LogP contribution in [-0.2, 0) is 11.3 Å². The number of benzene rings is 1. The summed E-state index contributed by atoms with van der Waals surface area (Å²) in [5.74, 6) is 1.95. The first-order valence-electron chi connectivity index (χ1n) is 10.4. The molecule has 0 spiro atoms. The Kier molecular flexibility index (Phi) is 5.90. The maximum Gasteiger partial charge on any atom is 0.165 e. The molecule has 1 aliphatic heterocycles. The van der Waals surface area contributed by atoms with Crippen molar-refractivity contribution < 1.29 is 4.79 Å². The molecule has 0 saturated carbocycles. The number of hydrogen-bond donors (Lipinski definition) is 0. The van der Waals surface area contributed by atoms with Gasteiger partial charge in [-0.15, -0.1) is 0 Å². The standard InChI is InChI=1S/C23H29N5O/c1-18-25-22-14-24-11-8-23(22)28(18)15-19-9-12-27(13-10-19)17-21(29)16-26(2)20-6-4-3-5-7-20/h3-8,11,14,19H,9-10,12-13,15-17H2,1-2H3. The van der Waals surface area contributed by atoms with E-state index in [1.54, 1.807) is 0 Å². The second-order valence-corrected chi connectivity index (χ2v) is 8.08. The van der Waals surface area contributed by atoms with E-state index < -0.39 is 0 Å². The Balaban J connectivity index is 1.27. The zero-order chi connectivity index (χ0) is 20.2. The van der Waals surface area contributed by atoms with Crippen LogP contribution in [0.15, 0.2) is 48.8 Å². The molecule has 1 fully saturated rings. The van der Waals surface area contributed by atoms with Crippen molar-refractivity contribution in [2.24, 2.45) is 5.92 Å². The Morgan fingerprint density at radius 1 is 1.17 bits per heavy atom. The van der Waals surface area contributed by atoms with Gasteiger partial charge in [-0.2, -0.15) is 0 Å². The molecule has 0 atom stereocenters. The molecule has 2 aromatic heterocycles. The minimum atomic E-state index is 0.277. The third-order valence-electron chi connectivity index (χ3n) is 5.90. The van der Waals surface area contributed by atoms with E-state index in [9.17, 15) is 4.79 Å². The van der Waals surface area contributed by atoms with Gasteiger partial charge in [-0.05, 0) is 57.0 Å². The molecule has 3 aromatic rings. The van der Waals surface area contributed by atoms with Crippen molar-refractivity contribution in [1.82, 2.24) is 19.4 Å². The van der Waals surface area contributed by atoms with Crippen LogP contribution in [-0.4, -0.2) is 58.4 Å². The van der Waals surface area contributed by atoms with E-state index in [0.717, 1.165) is 49.5 Å². The van der Waals surface area contributed by atoms with E-state index in [2.05, 4.69) is 26.4 Å². The van der Waals surface area contributed by atoms with Crippen LogP contribution >= 0.6 is 0 Å². The van der Waals surface area contributed by atoms with Crippen LogP contribution in [0.2, 0.25) is 0 Å². The normalized spacial score (nSPS) is 15.7. The second kappa shape index (κ2) is 8.74. The van der Waals surface area contributed by atoms with Crippen LogP contribution < -0.4 is 4.90 Å². The lowest BCUT2D eigenvalue weighted by Crippen LogP contribution is -2.41.